The van der Waals surface area contributed by atoms with Gasteiger partial charge < -0.3 is 10.1 Å². The summed E-state index contributed by atoms with van der Waals surface area (Å²) in [5, 5.41) is 19.4. The number of ether oxygens (including phenoxy) is 1. The lowest BCUT2D eigenvalue weighted by atomic mass is 10.2. The predicted octanol–water partition coefficient (Wildman–Crippen LogP) is 4.50. The van der Waals surface area contributed by atoms with Gasteiger partial charge in [-0.1, -0.05) is 36.4 Å². The van der Waals surface area contributed by atoms with Crippen LogP contribution < -0.4 is 5.32 Å². The Morgan fingerprint density at radius 2 is 1.94 bits per heavy atom. The smallest absolute Gasteiger partial charge is 0.342 e. The van der Waals surface area contributed by atoms with Crippen molar-refractivity contribution in [3.05, 3.63) is 99.3 Å². The molecule has 0 atom stereocenters. The van der Waals surface area contributed by atoms with Crippen LogP contribution in [0.5, 0.6) is 0 Å². The molecule has 34 heavy (non-hydrogen) atoms. The van der Waals surface area contributed by atoms with Gasteiger partial charge in [-0.15, -0.1) is 11.3 Å². The topological polar surface area (TPSA) is 116 Å². The van der Waals surface area contributed by atoms with E-state index in [1.165, 1.54) is 11.3 Å². The second kappa shape index (κ2) is 10.0. The van der Waals surface area contributed by atoms with Gasteiger partial charge in [-0.3, -0.25) is 19.6 Å². The van der Waals surface area contributed by atoms with E-state index in [4.69, 9.17) is 4.74 Å². The van der Waals surface area contributed by atoms with E-state index in [1.54, 1.807) is 10.9 Å². The summed E-state index contributed by atoms with van der Waals surface area (Å²) in [6, 6.07) is 15.9. The quantitative estimate of drug-likeness (QED) is 0.225. The number of thiophene rings is 1. The zero-order chi connectivity index (χ0) is 24.1. The summed E-state index contributed by atoms with van der Waals surface area (Å²) in [4.78, 5) is 35.9. The summed E-state index contributed by atoms with van der Waals surface area (Å²) in [6.45, 7) is -0.284. The van der Waals surface area contributed by atoms with Gasteiger partial charge in [0.15, 0.2) is 6.61 Å². The Morgan fingerprint density at radius 1 is 1.15 bits per heavy atom. The minimum atomic E-state index is -0.854. The lowest BCUT2D eigenvalue weighted by Gasteiger charge is -2.07. The number of benzene rings is 2. The average molecular weight is 480 g/mol. The van der Waals surface area contributed by atoms with Crippen LogP contribution in [0.15, 0.2) is 72.2 Å². The molecule has 2 heterocycles. The highest BCUT2D eigenvalue weighted by molar-refractivity contribution is 7.13. The SMILES string of the molecule is O=C(COC(=O)c1cn(Cc2ccccc2)nc1-c1cccs1)Nc1cc([N+](=O)[O-])ccc1F. The molecule has 0 aliphatic heterocycles. The highest BCUT2D eigenvalue weighted by Crippen LogP contribution is 2.27. The fourth-order valence-corrected chi connectivity index (χ4v) is 3.86. The first-order valence-corrected chi connectivity index (χ1v) is 10.8. The van der Waals surface area contributed by atoms with E-state index in [9.17, 15) is 24.1 Å². The number of hydrogen-bond acceptors (Lipinski definition) is 7. The molecule has 0 aliphatic rings. The summed E-state index contributed by atoms with van der Waals surface area (Å²) in [7, 11) is 0. The second-order valence-corrected chi connectivity index (χ2v) is 8.05. The van der Waals surface area contributed by atoms with E-state index in [1.807, 2.05) is 47.8 Å². The van der Waals surface area contributed by atoms with Crippen LogP contribution in [0.25, 0.3) is 10.6 Å². The molecule has 0 aliphatic carbocycles. The maximum atomic E-state index is 13.9. The predicted molar refractivity (Wildman–Crippen MR) is 123 cm³/mol. The molecule has 0 saturated carbocycles. The van der Waals surface area contributed by atoms with E-state index in [0.717, 1.165) is 28.6 Å². The molecular formula is C23H17FN4O5S. The monoisotopic (exact) mass is 480 g/mol. The van der Waals surface area contributed by atoms with Gasteiger partial charge in [-0.25, -0.2) is 9.18 Å². The zero-order valence-electron chi connectivity index (χ0n) is 17.5. The molecule has 0 spiro atoms. The molecule has 0 fully saturated rings. The molecule has 2 aromatic heterocycles. The van der Waals surface area contributed by atoms with Crippen molar-refractivity contribution in [2.24, 2.45) is 0 Å². The van der Waals surface area contributed by atoms with E-state index in [0.29, 0.717) is 12.2 Å². The number of rotatable bonds is 8. The third-order valence-corrected chi connectivity index (χ3v) is 5.57. The number of nitrogens with zero attached hydrogens (tertiary/aromatic N) is 3. The lowest BCUT2D eigenvalue weighted by molar-refractivity contribution is -0.384. The molecule has 2 aromatic carbocycles. The van der Waals surface area contributed by atoms with E-state index in [-0.39, 0.29) is 16.9 Å². The second-order valence-electron chi connectivity index (χ2n) is 7.10. The first kappa shape index (κ1) is 22.8. The van der Waals surface area contributed by atoms with Crippen LogP contribution in [0.4, 0.5) is 15.8 Å². The van der Waals surface area contributed by atoms with Crippen LogP contribution in [-0.2, 0) is 16.1 Å². The number of hydrogen-bond donors (Lipinski definition) is 1. The number of esters is 1. The number of halogens is 1. The molecule has 4 aromatic rings. The molecule has 0 bridgehead atoms. The minimum Gasteiger partial charge on any atom is -0.452 e. The van der Waals surface area contributed by atoms with Gasteiger partial charge in [0.05, 0.1) is 22.0 Å². The summed E-state index contributed by atoms with van der Waals surface area (Å²) >= 11 is 1.40. The van der Waals surface area contributed by atoms with Crippen LogP contribution in [0.1, 0.15) is 15.9 Å². The lowest BCUT2D eigenvalue weighted by Crippen LogP contribution is -2.21. The van der Waals surface area contributed by atoms with Crippen molar-refractivity contribution in [1.29, 1.82) is 0 Å². The molecule has 0 saturated heterocycles. The molecule has 11 heteroatoms. The van der Waals surface area contributed by atoms with E-state index < -0.39 is 29.2 Å². The number of nitro benzene ring substituents is 1. The number of carbonyl (C=O) groups excluding carboxylic acids is 2. The Bertz CT molecular complexity index is 1340. The number of aromatic nitrogens is 2. The molecule has 1 N–H and O–H groups in total. The van der Waals surface area contributed by atoms with Crippen LogP contribution in [-0.4, -0.2) is 33.2 Å². The van der Waals surface area contributed by atoms with Crippen LogP contribution in [0.2, 0.25) is 0 Å². The first-order chi connectivity index (χ1) is 16.4. The van der Waals surface area contributed by atoms with Crippen molar-refractivity contribution >= 4 is 34.6 Å². The van der Waals surface area contributed by atoms with Crippen LogP contribution >= 0.6 is 11.3 Å². The summed E-state index contributed by atoms with van der Waals surface area (Å²) in [5.74, 6) is -2.48. The molecule has 4 rings (SSSR count). The van der Waals surface area contributed by atoms with Gasteiger partial charge in [0.25, 0.3) is 11.6 Å². The van der Waals surface area contributed by atoms with Crippen molar-refractivity contribution in [1.82, 2.24) is 9.78 Å². The number of nitro groups is 1. The molecule has 1 amide bonds. The fourth-order valence-electron chi connectivity index (χ4n) is 3.14. The van der Waals surface area contributed by atoms with E-state index in [2.05, 4.69) is 10.4 Å². The number of amides is 1. The van der Waals surface area contributed by atoms with Gasteiger partial charge in [0.2, 0.25) is 0 Å². The minimum absolute atomic E-state index is 0.174. The van der Waals surface area contributed by atoms with Gasteiger partial charge in [-0.05, 0) is 23.1 Å². The Morgan fingerprint density at radius 3 is 2.65 bits per heavy atom. The Kier molecular flexibility index (Phi) is 6.74. The maximum absolute atomic E-state index is 13.9. The third kappa shape index (κ3) is 5.33. The fraction of sp³-hybridized carbons (Fsp3) is 0.0870. The van der Waals surface area contributed by atoms with Crippen LogP contribution in [0, 0.1) is 15.9 Å². The van der Waals surface area contributed by atoms with Gasteiger partial charge >= 0.3 is 5.97 Å². The molecule has 0 radical (unpaired) electrons. The van der Waals surface area contributed by atoms with Crippen molar-refractivity contribution in [3.8, 4) is 10.6 Å². The number of non-ortho nitro benzene ring substituents is 1. The summed E-state index contributed by atoms with van der Waals surface area (Å²) in [6.07, 6.45) is 1.54. The normalized spacial score (nSPS) is 10.6. The van der Waals surface area contributed by atoms with Crippen molar-refractivity contribution in [2.45, 2.75) is 6.54 Å². The Labute approximate surface area is 196 Å². The summed E-state index contributed by atoms with van der Waals surface area (Å²) < 4.78 is 20.6. The van der Waals surface area contributed by atoms with Crippen molar-refractivity contribution in [3.63, 3.8) is 0 Å². The number of carbonyl (C=O) groups is 2. The number of anilines is 1. The van der Waals surface area contributed by atoms with Gasteiger partial charge in [-0.2, -0.15) is 5.10 Å². The van der Waals surface area contributed by atoms with Crippen molar-refractivity contribution in [2.75, 3.05) is 11.9 Å². The zero-order valence-corrected chi connectivity index (χ0v) is 18.3. The highest BCUT2D eigenvalue weighted by Gasteiger charge is 2.21. The van der Waals surface area contributed by atoms with Gasteiger partial charge in [0.1, 0.15) is 17.1 Å². The third-order valence-electron chi connectivity index (χ3n) is 4.69. The summed E-state index contributed by atoms with van der Waals surface area (Å²) in [5.41, 5.74) is 0.806. The molecular weight excluding hydrogens is 463 g/mol. The first-order valence-electron chi connectivity index (χ1n) is 9.97. The van der Waals surface area contributed by atoms with Gasteiger partial charge in [0, 0.05) is 18.3 Å². The maximum Gasteiger partial charge on any atom is 0.342 e. The number of nitrogens with one attached hydrogen (secondary N) is 1. The molecule has 0 unspecified atom stereocenters. The average Bonchev–Trinajstić information content (AvgIpc) is 3.49. The largest absolute Gasteiger partial charge is 0.452 e. The molecule has 172 valence electrons. The van der Waals surface area contributed by atoms with Crippen LogP contribution in [0.3, 0.4) is 0 Å². The highest BCUT2D eigenvalue weighted by atomic mass is 32.1. The Hall–Kier alpha value is -4.38. The van der Waals surface area contributed by atoms with Crippen molar-refractivity contribution < 1.29 is 23.6 Å². The molecule has 9 nitrogen and oxygen atoms in total. The van der Waals surface area contributed by atoms with E-state index >= 15 is 0 Å². The standard InChI is InChI=1S/C23H17FN4O5S/c24-18-9-8-16(28(31)32)11-19(18)25-21(29)14-33-23(30)17-13-27(12-15-5-2-1-3-6-15)26-22(17)20-7-4-10-34-20/h1-11,13H,12,14H2,(H,25,29). The Balaban J connectivity index is 1.47.